The van der Waals surface area contributed by atoms with Crippen molar-refractivity contribution >= 4 is 17.5 Å². The third-order valence-electron chi connectivity index (χ3n) is 6.83. The highest BCUT2D eigenvalue weighted by molar-refractivity contribution is 5.84. The van der Waals surface area contributed by atoms with Crippen LogP contribution in [0.4, 0.5) is 5.69 Å². The first-order valence-corrected chi connectivity index (χ1v) is 10.4. The predicted molar refractivity (Wildman–Crippen MR) is 110 cm³/mol. The lowest BCUT2D eigenvalue weighted by atomic mass is 9.84. The Labute approximate surface area is 170 Å². The number of aromatic nitrogens is 2. The average Bonchev–Trinajstić information content (AvgIpc) is 3.32. The van der Waals surface area contributed by atoms with Crippen molar-refractivity contribution in [3.05, 3.63) is 42.4 Å². The molecule has 1 saturated carbocycles. The van der Waals surface area contributed by atoms with Gasteiger partial charge in [-0.05, 0) is 43.5 Å². The van der Waals surface area contributed by atoms with Gasteiger partial charge in [0.1, 0.15) is 5.54 Å². The van der Waals surface area contributed by atoms with Gasteiger partial charge in [-0.1, -0.05) is 6.42 Å². The number of fused-ring (bicyclic) bond motifs is 4. The molecule has 0 aromatic carbocycles. The van der Waals surface area contributed by atoms with E-state index in [0.29, 0.717) is 6.54 Å². The number of rotatable bonds is 3. The maximum absolute atomic E-state index is 13.0. The van der Waals surface area contributed by atoms with Gasteiger partial charge in [0.25, 0.3) is 0 Å². The average molecular weight is 393 g/mol. The van der Waals surface area contributed by atoms with Crippen LogP contribution in [0, 0.1) is 5.92 Å². The first-order chi connectivity index (χ1) is 14.0. The molecular weight excluding hydrogens is 366 g/mol. The molecule has 152 valence electrons. The molecule has 3 aliphatic rings. The highest BCUT2D eigenvalue weighted by Gasteiger charge is 2.52. The Hall–Kier alpha value is -2.83. The van der Waals surface area contributed by atoms with Gasteiger partial charge in [0.05, 0.1) is 17.9 Å². The van der Waals surface area contributed by atoms with Crippen LogP contribution in [0.2, 0.25) is 0 Å². The fourth-order valence-corrected chi connectivity index (χ4v) is 4.94. The Balaban J connectivity index is 1.58. The minimum Gasteiger partial charge on any atom is -0.347 e. The molecule has 2 aliphatic heterocycles. The Kier molecular flexibility index (Phi) is 4.15. The van der Waals surface area contributed by atoms with E-state index in [1.807, 2.05) is 29.3 Å². The smallest absolute Gasteiger partial charge is 0.241 e. The normalized spacial score (nSPS) is 23.0. The molecule has 29 heavy (non-hydrogen) atoms. The first-order valence-electron chi connectivity index (χ1n) is 10.4. The van der Waals surface area contributed by atoms with Crippen LogP contribution in [0.15, 0.2) is 36.7 Å². The molecule has 1 aliphatic carbocycles. The molecule has 4 heterocycles. The molecule has 0 N–H and O–H groups in total. The van der Waals surface area contributed by atoms with Crippen molar-refractivity contribution in [2.75, 3.05) is 38.6 Å². The van der Waals surface area contributed by atoms with E-state index in [2.05, 4.69) is 20.5 Å². The number of nitrogens with zero attached hydrogens (tertiary/aromatic N) is 5. The summed E-state index contributed by atoms with van der Waals surface area (Å²) in [6, 6.07) is 8.10. The monoisotopic (exact) mass is 393 g/mol. The summed E-state index contributed by atoms with van der Waals surface area (Å²) >= 11 is 0. The number of hydrogen-bond acceptors (Lipinski definition) is 4. The molecule has 7 heteroatoms. The van der Waals surface area contributed by atoms with Crippen LogP contribution < -0.4 is 4.90 Å². The fourth-order valence-electron chi connectivity index (χ4n) is 4.94. The second kappa shape index (κ2) is 6.61. The van der Waals surface area contributed by atoms with Crippen LogP contribution in [-0.2, 0) is 15.1 Å². The molecule has 0 unspecified atom stereocenters. The summed E-state index contributed by atoms with van der Waals surface area (Å²) in [5.74, 6) is 1.35. The van der Waals surface area contributed by atoms with E-state index in [4.69, 9.17) is 0 Å². The molecule has 2 aromatic heterocycles. The van der Waals surface area contributed by atoms with Gasteiger partial charge in [-0.3, -0.25) is 9.59 Å². The third kappa shape index (κ3) is 2.67. The molecule has 1 atom stereocenters. The van der Waals surface area contributed by atoms with E-state index in [9.17, 15) is 9.59 Å². The van der Waals surface area contributed by atoms with Gasteiger partial charge >= 0.3 is 0 Å². The van der Waals surface area contributed by atoms with Gasteiger partial charge in [0.15, 0.2) is 5.82 Å². The zero-order chi connectivity index (χ0) is 20.2. The minimum atomic E-state index is -0.412. The van der Waals surface area contributed by atoms with Gasteiger partial charge in [-0.25, -0.2) is 4.98 Å². The number of hydrogen-bond donors (Lipinski definition) is 0. The molecular formula is C22H27N5O2. The van der Waals surface area contributed by atoms with E-state index < -0.39 is 5.54 Å². The third-order valence-corrected chi connectivity index (χ3v) is 6.83. The number of carbonyl (C=O) groups is 2. The van der Waals surface area contributed by atoms with E-state index in [0.717, 1.165) is 49.4 Å². The van der Waals surface area contributed by atoms with E-state index in [-0.39, 0.29) is 24.3 Å². The summed E-state index contributed by atoms with van der Waals surface area (Å²) in [6.45, 7) is 1.60. The van der Waals surface area contributed by atoms with Crippen LogP contribution in [0.1, 0.15) is 31.4 Å². The SMILES string of the molecule is CN(C)C(=O)CN1c2cccnc2-n2cccc2[C@@]12CCN(C(=O)C1CCC1)C2. The van der Waals surface area contributed by atoms with Gasteiger partial charge in [0.2, 0.25) is 11.8 Å². The van der Waals surface area contributed by atoms with E-state index in [1.54, 1.807) is 25.2 Å². The highest BCUT2D eigenvalue weighted by atomic mass is 16.2. The van der Waals surface area contributed by atoms with Gasteiger partial charge in [-0.2, -0.15) is 0 Å². The van der Waals surface area contributed by atoms with Gasteiger partial charge in [-0.15, -0.1) is 0 Å². The summed E-state index contributed by atoms with van der Waals surface area (Å²) in [7, 11) is 3.57. The molecule has 0 bridgehead atoms. The standard InChI is InChI=1S/C22H27N5O2/c1-24(2)19(28)14-27-17-8-4-11-23-20(17)26-12-5-9-18(26)22(27)10-13-25(15-22)21(29)16-6-3-7-16/h4-5,8-9,11-12,16H,3,6-7,10,13-15H2,1-2H3/t22-/m0/s1. The number of carbonyl (C=O) groups excluding carboxylic acids is 2. The van der Waals surface area contributed by atoms with Crippen molar-refractivity contribution in [3.8, 4) is 5.82 Å². The topological polar surface area (TPSA) is 61.7 Å². The van der Waals surface area contributed by atoms with Crippen molar-refractivity contribution < 1.29 is 9.59 Å². The largest absolute Gasteiger partial charge is 0.347 e. The summed E-state index contributed by atoms with van der Waals surface area (Å²) in [5, 5.41) is 0. The summed E-state index contributed by atoms with van der Waals surface area (Å²) < 4.78 is 2.13. The Morgan fingerprint density at radius 3 is 2.79 bits per heavy atom. The lowest BCUT2D eigenvalue weighted by Crippen LogP contribution is -2.55. The van der Waals surface area contributed by atoms with Crippen LogP contribution in [0.3, 0.4) is 0 Å². The molecule has 2 amide bonds. The minimum absolute atomic E-state index is 0.0444. The highest BCUT2D eigenvalue weighted by Crippen LogP contribution is 2.47. The van der Waals surface area contributed by atoms with Crippen LogP contribution in [-0.4, -0.2) is 64.9 Å². The van der Waals surface area contributed by atoms with Crippen molar-refractivity contribution in [1.29, 1.82) is 0 Å². The summed E-state index contributed by atoms with van der Waals surface area (Å²) in [6.07, 6.45) is 7.80. The molecule has 0 radical (unpaired) electrons. The maximum atomic E-state index is 13.0. The zero-order valence-electron chi connectivity index (χ0n) is 17.0. The molecule has 2 fully saturated rings. The second-order valence-electron chi connectivity index (χ2n) is 8.65. The van der Waals surface area contributed by atoms with Gasteiger partial charge < -0.3 is 19.3 Å². The Bertz CT molecular complexity index is 964. The molecule has 5 rings (SSSR count). The summed E-state index contributed by atoms with van der Waals surface area (Å²) in [4.78, 5) is 36.2. The Morgan fingerprint density at radius 1 is 1.24 bits per heavy atom. The van der Waals surface area contributed by atoms with E-state index >= 15 is 0 Å². The number of pyridine rings is 1. The van der Waals surface area contributed by atoms with Gasteiger partial charge in [0, 0.05) is 45.5 Å². The van der Waals surface area contributed by atoms with Crippen molar-refractivity contribution in [2.45, 2.75) is 31.2 Å². The molecule has 1 saturated heterocycles. The maximum Gasteiger partial charge on any atom is 0.241 e. The lowest BCUT2D eigenvalue weighted by molar-refractivity contribution is -0.137. The summed E-state index contributed by atoms with van der Waals surface area (Å²) in [5.41, 5.74) is 1.65. The lowest BCUT2D eigenvalue weighted by Gasteiger charge is -2.47. The Morgan fingerprint density at radius 2 is 2.07 bits per heavy atom. The van der Waals surface area contributed by atoms with Crippen molar-refractivity contribution in [1.82, 2.24) is 19.4 Å². The van der Waals surface area contributed by atoms with Crippen LogP contribution in [0.25, 0.3) is 5.82 Å². The number of anilines is 1. The van der Waals surface area contributed by atoms with Crippen LogP contribution >= 0.6 is 0 Å². The zero-order valence-corrected chi connectivity index (χ0v) is 17.0. The quantitative estimate of drug-likeness (QED) is 0.800. The molecule has 2 aromatic rings. The van der Waals surface area contributed by atoms with Crippen molar-refractivity contribution in [2.24, 2.45) is 5.92 Å². The number of amides is 2. The molecule has 1 spiro atoms. The number of likely N-dealkylation sites (N-methyl/N-ethyl adjacent to an activating group) is 1. The first kappa shape index (κ1) is 18.2. The van der Waals surface area contributed by atoms with Crippen molar-refractivity contribution in [3.63, 3.8) is 0 Å². The number of likely N-dealkylation sites (tertiary alicyclic amines) is 1. The second-order valence-corrected chi connectivity index (χ2v) is 8.65. The fraction of sp³-hybridized carbons (Fsp3) is 0.500. The van der Waals surface area contributed by atoms with E-state index in [1.165, 1.54) is 0 Å². The predicted octanol–water partition coefficient (Wildman–Crippen LogP) is 2.01. The molecule has 7 nitrogen and oxygen atoms in total. The van der Waals surface area contributed by atoms with Crippen LogP contribution in [0.5, 0.6) is 0 Å².